The van der Waals surface area contributed by atoms with E-state index in [1.807, 2.05) is 11.9 Å². The molecule has 0 atom stereocenters. The molecule has 0 radical (unpaired) electrons. The highest BCUT2D eigenvalue weighted by Crippen LogP contribution is 2.36. The van der Waals surface area contributed by atoms with Gasteiger partial charge in [0.25, 0.3) is 0 Å². The smallest absolute Gasteiger partial charge is 0.229 e. The quantitative estimate of drug-likeness (QED) is 0.818. The van der Waals surface area contributed by atoms with Gasteiger partial charge in [0.1, 0.15) is 0 Å². The van der Waals surface area contributed by atoms with Crippen LogP contribution in [0.3, 0.4) is 0 Å². The van der Waals surface area contributed by atoms with E-state index < -0.39 is 0 Å². The van der Waals surface area contributed by atoms with Gasteiger partial charge in [-0.2, -0.15) is 0 Å². The third-order valence-electron chi connectivity index (χ3n) is 4.77. The number of nitrogens with zero attached hydrogens (tertiary/aromatic N) is 1. The molecule has 0 aromatic rings. The van der Waals surface area contributed by atoms with Crippen LogP contribution < -0.4 is 5.32 Å². The Balaban J connectivity index is 2.85. The summed E-state index contributed by atoms with van der Waals surface area (Å²) >= 11 is 0. The van der Waals surface area contributed by atoms with Crippen LogP contribution in [-0.2, 0) is 4.79 Å². The minimum absolute atomic E-state index is 0.0376. The number of carbonyl (C=O) groups is 1. The molecular formula is C14H28N2O. The van der Waals surface area contributed by atoms with Crippen LogP contribution in [0, 0.1) is 5.41 Å². The Hall–Kier alpha value is -0.570. The van der Waals surface area contributed by atoms with Crippen molar-refractivity contribution in [1.29, 1.82) is 0 Å². The average molecular weight is 240 g/mol. The van der Waals surface area contributed by atoms with Crippen LogP contribution in [0.4, 0.5) is 0 Å². The summed E-state index contributed by atoms with van der Waals surface area (Å²) in [5.74, 6) is 0.341. The first-order valence-corrected chi connectivity index (χ1v) is 6.88. The van der Waals surface area contributed by atoms with E-state index in [4.69, 9.17) is 0 Å². The van der Waals surface area contributed by atoms with E-state index in [1.54, 1.807) is 0 Å². The van der Waals surface area contributed by atoms with Crippen molar-refractivity contribution < 1.29 is 4.79 Å². The molecule has 1 rings (SSSR count). The molecule has 0 bridgehead atoms. The number of hydrogen-bond donors (Lipinski definition) is 1. The number of amides is 1. The Morgan fingerprint density at radius 3 is 2.24 bits per heavy atom. The Labute approximate surface area is 106 Å². The van der Waals surface area contributed by atoms with Gasteiger partial charge in [0.15, 0.2) is 0 Å². The van der Waals surface area contributed by atoms with Crippen LogP contribution in [0.1, 0.15) is 53.4 Å². The zero-order chi connectivity index (χ0) is 13.1. The largest absolute Gasteiger partial charge is 0.340 e. The molecule has 1 aliphatic heterocycles. The molecule has 100 valence electrons. The second-order valence-corrected chi connectivity index (χ2v) is 5.91. The van der Waals surface area contributed by atoms with Gasteiger partial charge in [0.05, 0.1) is 5.41 Å². The standard InChI is InChI=1S/C14H28N2O/c1-6-13(3,4)16(5)12(17)14(7-2)8-10-15-11-9-14/h15H,6-11H2,1-5H3. The molecule has 1 amide bonds. The first-order valence-electron chi connectivity index (χ1n) is 6.88. The van der Waals surface area contributed by atoms with E-state index in [2.05, 4.69) is 33.0 Å². The molecule has 1 saturated heterocycles. The van der Waals surface area contributed by atoms with Crippen LogP contribution in [-0.4, -0.2) is 36.5 Å². The van der Waals surface area contributed by atoms with Crippen molar-refractivity contribution in [1.82, 2.24) is 10.2 Å². The minimum Gasteiger partial charge on any atom is -0.340 e. The lowest BCUT2D eigenvalue weighted by molar-refractivity contribution is -0.148. The summed E-state index contributed by atoms with van der Waals surface area (Å²) in [5, 5.41) is 3.35. The molecule has 0 saturated carbocycles. The van der Waals surface area contributed by atoms with Crippen molar-refractivity contribution in [3.8, 4) is 0 Å². The third kappa shape index (κ3) is 2.82. The molecule has 0 spiro atoms. The minimum atomic E-state index is -0.119. The summed E-state index contributed by atoms with van der Waals surface area (Å²) in [4.78, 5) is 14.7. The van der Waals surface area contributed by atoms with Crippen molar-refractivity contribution in [2.24, 2.45) is 5.41 Å². The second-order valence-electron chi connectivity index (χ2n) is 5.91. The Kier molecular flexibility index (Phi) is 4.59. The normalized spacial score (nSPS) is 20.1. The van der Waals surface area contributed by atoms with E-state index in [0.717, 1.165) is 38.8 Å². The van der Waals surface area contributed by atoms with Crippen molar-refractivity contribution in [2.75, 3.05) is 20.1 Å². The van der Waals surface area contributed by atoms with Gasteiger partial charge in [0.2, 0.25) is 5.91 Å². The highest BCUT2D eigenvalue weighted by Gasteiger charge is 2.42. The van der Waals surface area contributed by atoms with Crippen LogP contribution >= 0.6 is 0 Å². The van der Waals surface area contributed by atoms with Crippen molar-refractivity contribution in [2.45, 2.75) is 58.9 Å². The van der Waals surface area contributed by atoms with E-state index >= 15 is 0 Å². The Bertz CT molecular complexity index is 267. The molecule has 0 aromatic carbocycles. The molecule has 1 aliphatic rings. The highest BCUT2D eigenvalue weighted by molar-refractivity contribution is 5.83. The molecule has 1 fully saturated rings. The molecule has 17 heavy (non-hydrogen) atoms. The summed E-state index contributed by atoms with van der Waals surface area (Å²) in [6.07, 6.45) is 3.91. The van der Waals surface area contributed by atoms with E-state index in [9.17, 15) is 4.79 Å². The zero-order valence-corrected chi connectivity index (χ0v) is 12.1. The summed E-state index contributed by atoms with van der Waals surface area (Å²) < 4.78 is 0. The first kappa shape index (κ1) is 14.5. The maximum absolute atomic E-state index is 12.8. The van der Waals surface area contributed by atoms with E-state index in [-0.39, 0.29) is 11.0 Å². The average Bonchev–Trinajstić information content (AvgIpc) is 2.37. The molecular weight excluding hydrogens is 212 g/mol. The summed E-state index contributed by atoms with van der Waals surface area (Å²) in [7, 11) is 1.96. The van der Waals surface area contributed by atoms with Gasteiger partial charge in [0, 0.05) is 12.6 Å². The van der Waals surface area contributed by atoms with Gasteiger partial charge < -0.3 is 10.2 Å². The van der Waals surface area contributed by atoms with Gasteiger partial charge in [-0.05, 0) is 52.6 Å². The molecule has 1 N–H and O–H groups in total. The maximum Gasteiger partial charge on any atom is 0.229 e. The summed E-state index contributed by atoms with van der Waals surface area (Å²) in [6.45, 7) is 10.5. The fourth-order valence-electron chi connectivity index (χ4n) is 2.49. The number of nitrogens with one attached hydrogen (secondary N) is 1. The van der Waals surface area contributed by atoms with Crippen LogP contribution in [0.5, 0.6) is 0 Å². The predicted molar refractivity (Wildman–Crippen MR) is 72.0 cm³/mol. The first-order chi connectivity index (χ1) is 7.89. The lowest BCUT2D eigenvalue weighted by Gasteiger charge is -2.44. The number of hydrogen-bond acceptors (Lipinski definition) is 2. The molecule has 0 aromatic heterocycles. The van der Waals surface area contributed by atoms with Gasteiger partial charge >= 0.3 is 0 Å². The molecule has 3 heteroatoms. The summed E-state index contributed by atoms with van der Waals surface area (Å²) in [6, 6.07) is 0. The van der Waals surface area contributed by atoms with Crippen LogP contribution in [0.25, 0.3) is 0 Å². The van der Waals surface area contributed by atoms with E-state index in [1.165, 1.54) is 0 Å². The number of piperidine rings is 1. The zero-order valence-electron chi connectivity index (χ0n) is 12.1. The van der Waals surface area contributed by atoms with Crippen molar-refractivity contribution >= 4 is 5.91 Å². The second kappa shape index (κ2) is 5.38. The third-order valence-corrected chi connectivity index (χ3v) is 4.77. The fourth-order valence-corrected chi connectivity index (χ4v) is 2.49. The van der Waals surface area contributed by atoms with Gasteiger partial charge in [-0.25, -0.2) is 0 Å². The molecule has 3 nitrogen and oxygen atoms in total. The SMILES string of the molecule is CCC1(C(=O)N(C)C(C)(C)CC)CCNCC1. The van der Waals surface area contributed by atoms with Crippen molar-refractivity contribution in [3.05, 3.63) is 0 Å². The Morgan fingerprint density at radius 2 is 1.82 bits per heavy atom. The monoisotopic (exact) mass is 240 g/mol. The van der Waals surface area contributed by atoms with Crippen LogP contribution in [0.2, 0.25) is 0 Å². The summed E-state index contributed by atoms with van der Waals surface area (Å²) in [5.41, 5.74) is -0.156. The van der Waals surface area contributed by atoms with Crippen LogP contribution in [0.15, 0.2) is 0 Å². The topological polar surface area (TPSA) is 32.3 Å². The van der Waals surface area contributed by atoms with Crippen molar-refractivity contribution in [3.63, 3.8) is 0 Å². The van der Waals surface area contributed by atoms with E-state index in [0.29, 0.717) is 5.91 Å². The van der Waals surface area contributed by atoms with Gasteiger partial charge in [-0.1, -0.05) is 13.8 Å². The van der Waals surface area contributed by atoms with Gasteiger partial charge in [-0.3, -0.25) is 4.79 Å². The lowest BCUT2D eigenvalue weighted by Crippen LogP contribution is -2.54. The Morgan fingerprint density at radius 1 is 1.29 bits per heavy atom. The fraction of sp³-hybridized carbons (Fsp3) is 0.929. The highest BCUT2D eigenvalue weighted by atomic mass is 16.2. The predicted octanol–water partition coefficient (Wildman–Crippen LogP) is 2.41. The maximum atomic E-state index is 12.8. The lowest BCUT2D eigenvalue weighted by atomic mass is 9.74. The number of rotatable bonds is 4. The molecule has 1 heterocycles. The number of carbonyl (C=O) groups excluding carboxylic acids is 1. The molecule has 0 unspecified atom stereocenters. The molecule has 0 aliphatic carbocycles. The van der Waals surface area contributed by atoms with Gasteiger partial charge in [-0.15, -0.1) is 0 Å².